The van der Waals surface area contributed by atoms with Crippen LogP contribution in [0.4, 0.5) is 11.4 Å². The number of benzene rings is 5. The first kappa shape index (κ1) is 40.9. The van der Waals surface area contributed by atoms with Gasteiger partial charge in [-0.05, 0) is 95.4 Å². The third-order valence-corrected chi connectivity index (χ3v) is 13.7. The van der Waals surface area contributed by atoms with Crippen LogP contribution in [0.5, 0.6) is 0 Å². The number of aryl methyl sites for hydroxylation is 2. The second kappa shape index (κ2) is 16.8. The van der Waals surface area contributed by atoms with Crippen LogP contribution in [0, 0.1) is 0 Å². The Kier molecular flexibility index (Phi) is 10.8. The highest BCUT2D eigenvalue weighted by Crippen LogP contribution is 2.35. The number of anilines is 2. The molecule has 14 heteroatoms. The molecule has 1 amide bonds. The van der Waals surface area contributed by atoms with Gasteiger partial charge in [0, 0.05) is 129 Å². The summed E-state index contributed by atoms with van der Waals surface area (Å²) in [5, 5.41) is 9.57. The molecule has 0 aliphatic carbocycles. The third-order valence-electron chi connectivity index (χ3n) is 12.4. The van der Waals surface area contributed by atoms with Gasteiger partial charge >= 0.3 is 0 Å². The van der Waals surface area contributed by atoms with Gasteiger partial charge in [-0.1, -0.05) is 42.5 Å². The van der Waals surface area contributed by atoms with Gasteiger partial charge in [0.25, 0.3) is 5.91 Å². The number of nitrogens with zero attached hydrogens (tertiary/aromatic N) is 8. The largest absolute Gasteiger partial charge is 0.381 e. The van der Waals surface area contributed by atoms with E-state index < -0.39 is 10.0 Å². The number of carbonyl (C=O) groups excluding carboxylic acids is 1. The molecule has 322 valence electrons. The van der Waals surface area contributed by atoms with Crippen LogP contribution in [-0.2, 0) is 24.1 Å². The van der Waals surface area contributed by atoms with Crippen LogP contribution in [0.25, 0.3) is 66.1 Å². The van der Waals surface area contributed by atoms with E-state index in [9.17, 15) is 13.2 Å². The van der Waals surface area contributed by atoms with Gasteiger partial charge in [-0.25, -0.2) is 12.7 Å². The molecule has 2 fully saturated rings. The topological polar surface area (TPSA) is 143 Å². The van der Waals surface area contributed by atoms with Crippen LogP contribution in [0.15, 0.2) is 140 Å². The van der Waals surface area contributed by atoms with Crippen molar-refractivity contribution in [3.05, 3.63) is 146 Å². The Bertz CT molecular complexity index is 3310. The Morgan fingerprint density at radius 3 is 1.66 bits per heavy atom. The van der Waals surface area contributed by atoms with E-state index in [1.807, 2.05) is 48.3 Å². The molecule has 2 aliphatic rings. The number of hydrogen-bond acceptors (Lipinski definition) is 9. The Balaban J connectivity index is 0.000000153. The molecular weight excluding hydrogens is 821 g/mol. The van der Waals surface area contributed by atoms with E-state index in [2.05, 4.69) is 126 Å². The van der Waals surface area contributed by atoms with Crippen molar-refractivity contribution < 1.29 is 13.2 Å². The van der Waals surface area contributed by atoms with Crippen LogP contribution >= 0.6 is 0 Å². The van der Waals surface area contributed by atoms with E-state index in [0.29, 0.717) is 19.6 Å². The number of hydrogen-bond donors (Lipinski definition) is 2. The molecule has 11 rings (SSSR count). The molecule has 64 heavy (non-hydrogen) atoms. The van der Waals surface area contributed by atoms with Crippen LogP contribution in [0.3, 0.4) is 0 Å². The summed E-state index contributed by atoms with van der Waals surface area (Å²) in [6.07, 6.45) is 13.9. The van der Waals surface area contributed by atoms with E-state index in [4.69, 9.17) is 0 Å². The number of rotatable bonds is 8. The highest BCUT2D eigenvalue weighted by molar-refractivity contribution is 7.88. The van der Waals surface area contributed by atoms with E-state index in [-0.39, 0.29) is 18.0 Å². The highest BCUT2D eigenvalue weighted by Gasteiger charge is 2.29. The molecule has 2 atom stereocenters. The number of fused-ring (bicyclic) bond motifs is 4. The minimum atomic E-state index is -3.16. The van der Waals surface area contributed by atoms with E-state index in [0.717, 1.165) is 86.2 Å². The average molecular weight is 869 g/mol. The minimum absolute atomic E-state index is 0.0667. The van der Waals surface area contributed by atoms with Crippen molar-refractivity contribution >= 4 is 71.2 Å². The van der Waals surface area contributed by atoms with Crippen LogP contribution in [0.2, 0.25) is 0 Å². The van der Waals surface area contributed by atoms with Gasteiger partial charge in [-0.15, -0.1) is 0 Å². The molecule has 2 saturated heterocycles. The summed E-state index contributed by atoms with van der Waals surface area (Å²) in [5.74, 6) is 0.0887. The Labute approximate surface area is 371 Å². The van der Waals surface area contributed by atoms with Gasteiger partial charge in [0.15, 0.2) is 0 Å². The Morgan fingerprint density at radius 2 is 1.12 bits per heavy atom. The smallest absolute Gasteiger partial charge is 0.253 e. The van der Waals surface area contributed by atoms with Gasteiger partial charge in [0.05, 0.1) is 28.3 Å². The van der Waals surface area contributed by atoms with Crippen molar-refractivity contribution in [1.82, 2.24) is 38.3 Å². The molecular formula is C50H48N10O3S. The molecule has 4 aromatic heterocycles. The Morgan fingerprint density at radius 1 is 0.609 bits per heavy atom. The quantitative estimate of drug-likeness (QED) is 0.154. The predicted octanol–water partition coefficient (Wildman–Crippen LogP) is 8.35. The standard InChI is InChI=1S/C28H25N5O.C22H23N5O2S/c1-32-13-9-19-7-8-21(15-26(19)32)24-16-23(17-25-27(24)30-12-11-29-25)31-22-10-14-33(18-22)28(34)20-5-3-2-4-6-20;1-26-9-5-15-3-4-16(11-21(15)26)19-12-18(13-20-22(19)24-8-7-23-20)25-17-6-10-27(14-17)30(2,28)29/h2-9,11-13,15-17,22,31H,10,14,18H2,1H3;3-5,7-9,11-13,17,25H,6,10,14H2,1-2H3. The van der Waals surface area contributed by atoms with Gasteiger partial charge in [-0.3, -0.25) is 24.7 Å². The van der Waals surface area contributed by atoms with Gasteiger partial charge in [-0.2, -0.15) is 0 Å². The maximum absolute atomic E-state index is 12.8. The van der Waals surface area contributed by atoms with Crippen LogP contribution in [-0.4, -0.2) is 97.1 Å². The first-order valence-corrected chi connectivity index (χ1v) is 23.3. The minimum Gasteiger partial charge on any atom is -0.381 e. The number of nitrogens with one attached hydrogen (secondary N) is 2. The molecule has 13 nitrogen and oxygen atoms in total. The van der Waals surface area contributed by atoms with Crippen molar-refractivity contribution in [2.45, 2.75) is 24.9 Å². The van der Waals surface area contributed by atoms with Crippen LogP contribution in [0.1, 0.15) is 23.2 Å². The highest BCUT2D eigenvalue weighted by atomic mass is 32.2. The van der Waals surface area contributed by atoms with Crippen LogP contribution < -0.4 is 10.6 Å². The molecule has 2 aliphatic heterocycles. The summed E-state index contributed by atoms with van der Waals surface area (Å²) >= 11 is 0. The lowest BCUT2D eigenvalue weighted by molar-refractivity contribution is 0.0791. The molecule has 0 spiro atoms. The zero-order valence-corrected chi connectivity index (χ0v) is 36.7. The fourth-order valence-electron chi connectivity index (χ4n) is 9.06. The fourth-order valence-corrected chi connectivity index (χ4v) is 9.95. The molecule has 0 saturated carbocycles. The van der Waals surface area contributed by atoms with E-state index in [1.54, 1.807) is 24.8 Å². The predicted molar refractivity (Wildman–Crippen MR) is 256 cm³/mol. The zero-order valence-electron chi connectivity index (χ0n) is 35.9. The van der Waals surface area contributed by atoms with E-state index >= 15 is 0 Å². The van der Waals surface area contributed by atoms with Gasteiger partial charge in [0.2, 0.25) is 10.0 Å². The summed E-state index contributed by atoms with van der Waals surface area (Å²) in [5.41, 5.74) is 12.6. The number of sulfonamides is 1. The van der Waals surface area contributed by atoms with Gasteiger partial charge < -0.3 is 24.7 Å². The molecule has 5 aromatic carbocycles. The van der Waals surface area contributed by atoms with E-state index in [1.165, 1.54) is 26.9 Å². The second-order valence-corrected chi connectivity index (χ2v) is 18.8. The lowest BCUT2D eigenvalue weighted by Crippen LogP contribution is -2.31. The first-order chi connectivity index (χ1) is 31.0. The van der Waals surface area contributed by atoms with Crippen molar-refractivity contribution in [1.29, 1.82) is 0 Å². The lowest BCUT2D eigenvalue weighted by atomic mass is 10.0. The molecule has 0 radical (unpaired) electrons. The molecule has 0 bridgehead atoms. The summed E-state index contributed by atoms with van der Waals surface area (Å²) < 4.78 is 29.4. The molecule has 2 N–H and O–H groups in total. The summed E-state index contributed by atoms with van der Waals surface area (Å²) in [4.78, 5) is 33.1. The number of amides is 1. The maximum atomic E-state index is 12.8. The lowest BCUT2D eigenvalue weighted by Gasteiger charge is -2.19. The molecule has 2 unspecified atom stereocenters. The third kappa shape index (κ3) is 8.25. The van der Waals surface area contributed by atoms with Gasteiger partial charge in [0.1, 0.15) is 0 Å². The molecule has 9 aromatic rings. The number of carbonyl (C=O) groups is 1. The normalized spacial score (nSPS) is 16.7. The average Bonchev–Trinajstić information content (AvgIpc) is 4.14. The summed E-state index contributed by atoms with van der Waals surface area (Å²) in [7, 11) is 0.933. The first-order valence-electron chi connectivity index (χ1n) is 21.5. The maximum Gasteiger partial charge on any atom is 0.253 e. The van der Waals surface area contributed by atoms with Crippen molar-refractivity contribution in [3.63, 3.8) is 0 Å². The SMILES string of the molecule is Cn1ccc2ccc(-c3cc(NC4CCN(C(=O)c5ccccc5)C4)cc4nccnc34)cc21.Cn1ccc2ccc(-c3cc(NC4CCN(S(C)(=O)=O)C4)cc4nccnc34)cc21. The number of likely N-dealkylation sites (tertiary alicyclic amines) is 1. The second-order valence-electron chi connectivity index (χ2n) is 16.8. The monoisotopic (exact) mass is 868 g/mol. The summed E-state index contributed by atoms with van der Waals surface area (Å²) in [6.45, 7) is 2.44. The fraction of sp³-hybridized carbons (Fsp3) is 0.220. The zero-order chi connectivity index (χ0) is 44.0. The molecule has 6 heterocycles. The Hall–Kier alpha value is -7.16. The summed E-state index contributed by atoms with van der Waals surface area (Å²) in [6, 6.07) is 35.1. The van der Waals surface area contributed by atoms with Crippen molar-refractivity contribution in [2.24, 2.45) is 14.1 Å². The van der Waals surface area contributed by atoms with Crippen molar-refractivity contribution in [2.75, 3.05) is 43.1 Å². The number of aromatic nitrogens is 6. The van der Waals surface area contributed by atoms with Crippen molar-refractivity contribution in [3.8, 4) is 22.3 Å².